The molecule has 0 aliphatic carbocycles. The number of aliphatic hydroxyl groups excluding tert-OH is 1. The fraction of sp³-hybridized carbons (Fsp3) is 0.250. The van der Waals surface area contributed by atoms with Crippen LogP contribution in [0.15, 0.2) is 26.0 Å². The predicted molar refractivity (Wildman–Crippen MR) is 53.4 cm³/mol. The zero-order valence-corrected chi connectivity index (χ0v) is 9.06. The van der Waals surface area contributed by atoms with E-state index >= 15 is 0 Å². The molecular weight excluding hydrogens is 220 g/mol. The van der Waals surface area contributed by atoms with E-state index in [2.05, 4.69) is 10.2 Å². The van der Waals surface area contributed by atoms with Crippen molar-refractivity contribution < 1.29 is 9.52 Å². The molecule has 0 amide bonds. The highest BCUT2D eigenvalue weighted by atomic mass is 32.2. The third kappa shape index (κ3) is 2.14. The van der Waals surface area contributed by atoms with Gasteiger partial charge in [0.25, 0.3) is 5.22 Å². The molecule has 0 saturated heterocycles. The Kier molecular flexibility index (Phi) is 2.85. The molecule has 0 aliphatic rings. The second kappa shape index (κ2) is 4.12. The molecule has 2 aromatic rings. The number of hydrogen-bond donors (Lipinski definition) is 1. The summed E-state index contributed by atoms with van der Waals surface area (Å²) >= 11 is 2.93. The Labute approximate surface area is 89.0 Å². The average Bonchev–Trinajstić information content (AvgIpc) is 2.76. The van der Waals surface area contributed by atoms with E-state index in [4.69, 9.17) is 9.52 Å². The predicted octanol–water partition coefficient (Wildman–Crippen LogP) is 2.08. The van der Waals surface area contributed by atoms with Gasteiger partial charge in [-0.05, 0) is 23.9 Å². The van der Waals surface area contributed by atoms with Crippen molar-refractivity contribution >= 4 is 23.1 Å². The van der Waals surface area contributed by atoms with E-state index in [0.717, 1.165) is 9.09 Å². The van der Waals surface area contributed by atoms with Crippen LogP contribution in [0.25, 0.3) is 0 Å². The van der Waals surface area contributed by atoms with Crippen LogP contribution >= 0.6 is 23.1 Å². The number of nitrogens with zero attached hydrogens (tertiary/aromatic N) is 2. The van der Waals surface area contributed by atoms with Crippen LogP contribution < -0.4 is 0 Å². The second-order valence-electron chi connectivity index (χ2n) is 2.57. The molecule has 0 aliphatic heterocycles. The smallest absolute Gasteiger partial charge is 0.282 e. The molecule has 0 fully saturated rings. The zero-order chi connectivity index (χ0) is 9.97. The Balaban J connectivity index is 2.10. The monoisotopic (exact) mass is 228 g/mol. The Hall–Kier alpha value is -0.850. The zero-order valence-electron chi connectivity index (χ0n) is 7.43. The number of hydrogen-bond acceptors (Lipinski definition) is 6. The molecule has 74 valence electrons. The summed E-state index contributed by atoms with van der Waals surface area (Å²) in [4.78, 5) is 0.934. The molecule has 0 saturated carbocycles. The maximum Gasteiger partial charge on any atom is 0.282 e. The van der Waals surface area contributed by atoms with Crippen LogP contribution in [0.5, 0.6) is 0 Å². The van der Waals surface area contributed by atoms with Crippen LogP contribution in [-0.4, -0.2) is 15.3 Å². The summed E-state index contributed by atoms with van der Waals surface area (Å²) in [5.41, 5.74) is 0. The minimum absolute atomic E-state index is 0.0775. The van der Waals surface area contributed by atoms with Crippen molar-refractivity contribution in [2.45, 2.75) is 23.0 Å². The van der Waals surface area contributed by atoms with Crippen molar-refractivity contribution in [3.8, 4) is 0 Å². The first-order chi connectivity index (χ1) is 6.78. The van der Waals surface area contributed by atoms with E-state index < -0.39 is 0 Å². The highest BCUT2D eigenvalue weighted by molar-refractivity contribution is 8.00. The summed E-state index contributed by atoms with van der Waals surface area (Å²) in [6.07, 6.45) is 0. The Morgan fingerprint density at radius 2 is 2.36 bits per heavy atom. The van der Waals surface area contributed by atoms with Gasteiger partial charge >= 0.3 is 0 Å². The first-order valence-corrected chi connectivity index (χ1v) is 5.59. The molecule has 6 heteroatoms. The fourth-order valence-electron chi connectivity index (χ4n) is 0.904. The van der Waals surface area contributed by atoms with Gasteiger partial charge in [0.05, 0.1) is 10.8 Å². The van der Waals surface area contributed by atoms with Gasteiger partial charge in [-0.25, -0.2) is 0 Å². The van der Waals surface area contributed by atoms with E-state index in [1.54, 1.807) is 6.92 Å². The van der Waals surface area contributed by atoms with E-state index in [9.17, 15) is 0 Å². The summed E-state index contributed by atoms with van der Waals surface area (Å²) in [7, 11) is 0. The molecule has 0 radical (unpaired) electrons. The molecule has 1 N–H and O–H groups in total. The van der Waals surface area contributed by atoms with E-state index in [-0.39, 0.29) is 6.61 Å². The molecule has 0 aromatic carbocycles. The number of rotatable bonds is 3. The first-order valence-electron chi connectivity index (χ1n) is 3.95. The molecule has 2 heterocycles. The van der Waals surface area contributed by atoms with Gasteiger partial charge in [-0.1, -0.05) is 0 Å². The number of aliphatic hydroxyl groups is 1. The highest BCUT2D eigenvalue weighted by Crippen LogP contribution is 2.32. The van der Waals surface area contributed by atoms with E-state index in [1.807, 2.05) is 12.1 Å². The van der Waals surface area contributed by atoms with Gasteiger partial charge in [0.15, 0.2) is 0 Å². The van der Waals surface area contributed by atoms with Crippen LogP contribution in [0.1, 0.15) is 10.8 Å². The molecule has 0 bridgehead atoms. The van der Waals surface area contributed by atoms with Crippen molar-refractivity contribution in [3.63, 3.8) is 0 Å². The Bertz CT molecular complexity index is 424. The maximum absolute atomic E-state index is 8.87. The second-order valence-corrected chi connectivity index (χ2v) is 4.99. The van der Waals surface area contributed by atoms with Gasteiger partial charge in [0.2, 0.25) is 5.89 Å². The molecule has 4 nitrogen and oxygen atoms in total. The van der Waals surface area contributed by atoms with Crippen LogP contribution in [0, 0.1) is 6.92 Å². The standard InChI is InChI=1S/C8H8N2O2S2/c1-5-9-10-8(12-5)14-7-3-2-6(4-11)13-7/h2-3,11H,4H2,1H3. The number of aromatic nitrogens is 2. The van der Waals surface area contributed by atoms with Crippen molar-refractivity contribution in [2.75, 3.05) is 0 Å². The third-order valence-corrected chi connectivity index (χ3v) is 3.53. The van der Waals surface area contributed by atoms with Crippen molar-refractivity contribution in [1.29, 1.82) is 0 Å². The van der Waals surface area contributed by atoms with Crippen LogP contribution in [0.4, 0.5) is 0 Å². The summed E-state index contributed by atoms with van der Waals surface area (Å²) < 4.78 is 6.25. The van der Waals surface area contributed by atoms with Gasteiger partial charge in [-0.3, -0.25) is 0 Å². The summed E-state index contributed by atoms with van der Waals surface area (Å²) in [5, 5.41) is 17.0. The van der Waals surface area contributed by atoms with Crippen LogP contribution in [-0.2, 0) is 6.61 Å². The lowest BCUT2D eigenvalue weighted by atomic mass is 10.5. The lowest BCUT2D eigenvalue weighted by Crippen LogP contribution is -1.70. The van der Waals surface area contributed by atoms with Crippen LogP contribution in [0.3, 0.4) is 0 Å². The summed E-state index contributed by atoms with van der Waals surface area (Å²) in [6, 6.07) is 3.82. The quantitative estimate of drug-likeness (QED) is 0.871. The van der Waals surface area contributed by atoms with Gasteiger partial charge in [-0.15, -0.1) is 21.5 Å². The lowest BCUT2D eigenvalue weighted by Gasteiger charge is -1.88. The Morgan fingerprint density at radius 1 is 1.50 bits per heavy atom. The van der Waals surface area contributed by atoms with Gasteiger partial charge in [0, 0.05) is 11.8 Å². The SMILES string of the molecule is Cc1nnc(Sc2ccc(CO)s2)o1. The number of aryl methyl sites for hydroxylation is 1. The van der Waals surface area contributed by atoms with Gasteiger partial charge in [0.1, 0.15) is 0 Å². The Morgan fingerprint density at radius 3 is 2.93 bits per heavy atom. The van der Waals surface area contributed by atoms with E-state index in [1.165, 1.54) is 23.1 Å². The van der Waals surface area contributed by atoms with Gasteiger partial charge in [-0.2, -0.15) is 0 Å². The lowest BCUT2D eigenvalue weighted by molar-refractivity contribution is 0.285. The molecule has 2 aromatic heterocycles. The average molecular weight is 228 g/mol. The molecular formula is C8H8N2O2S2. The van der Waals surface area contributed by atoms with Gasteiger partial charge < -0.3 is 9.52 Å². The minimum Gasteiger partial charge on any atom is -0.416 e. The molecule has 14 heavy (non-hydrogen) atoms. The minimum atomic E-state index is 0.0775. The first kappa shape index (κ1) is 9.70. The summed E-state index contributed by atoms with van der Waals surface area (Å²) in [6.45, 7) is 1.83. The fourth-order valence-corrected chi connectivity index (χ4v) is 2.75. The summed E-state index contributed by atoms with van der Waals surface area (Å²) in [5.74, 6) is 0.562. The largest absolute Gasteiger partial charge is 0.416 e. The maximum atomic E-state index is 8.87. The van der Waals surface area contributed by atoms with Crippen molar-refractivity contribution in [3.05, 3.63) is 22.9 Å². The normalized spacial score (nSPS) is 10.7. The molecule has 0 spiro atoms. The van der Waals surface area contributed by atoms with Crippen molar-refractivity contribution in [1.82, 2.24) is 10.2 Å². The number of thiophene rings is 1. The topological polar surface area (TPSA) is 59.2 Å². The highest BCUT2D eigenvalue weighted by Gasteiger charge is 2.06. The van der Waals surface area contributed by atoms with Crippen LogP contribution in [0.2, 0.25) is 0 Å². The molecule has 0 unspecified atom stereocenters. The van der Waals surface area contributed by atoms with Crippen molar-refractivity contribution in [2.24, 2.45) is 0 Å². The molecule has 2 rings (SSSR count). The third-order valence-electron chi connectivity index (χ3n) is 1.49. The van der Waals surface area contributed by atoms with E-state index in [0.29, 0.717) is 11.1 Å². The molecule has 0 atom stereocenters.